The van der Waals surface area contributed by atoms with Crippen molar-refractivity contribution in [2.75, 3.05) is 26.7 Å². The first-order valence-corrected chi connectivity index (χ1v) is 9.95. The number of hydrogen-bond donors (Lipinski definition) is 1. The summed E-state index contributed by atoms with van der Waals surface area (Å²) in [5.41, 5.74) is 1.60. The van der Waals surface area contributed by atoms with Gasteiger partial charge in [0.25, 0.3) is 10.0 Å². The number of primary sulfonamides is 1. The van der Waals surface area contributed by atoms with Crippen molar-refractivity contribution in [2.24, 2.45) is 5.14 Å². The molecule has 0 aliphatic carbocycles. The van der Waals surface area contributed by atoms with E-state index in [2.05, 4.69) is 10.00 Å². The highest BCUT2D eigenvalue weighted by Gasteiger charge is 2.20. The Morgan fingerprint density at radius 1 is 1.16 bits per heavy atom. The minimum absolute atomic E-state index is 0.0373. The SMILES string of the molecule is COc1ccc(Cc2cn(CCN3CCCC3)nc2S(N)(=O)=O)cc1. The van der Waals surface area contributed by atoms with Gasteiger partial charge < -0.3 is 9.64 Å². The number of hydrogen-bond acceptors (Lipinski definition) is 5. The Bertz CT molecular complexity index is 809. The van der Waals surface area contributed by atoms with Crippen LogP contribution in [0, 0.1) is 0 Å². The van der Waals surface area contributed by atoms with Gasteiger partial charge in [-0.15, -0.1) is 0 Å². The highest BCUT2D eigenvalue weighted by atomic mass is 32.2. The molecule has 1 aliphatic heterocycles. The van der Waals surface area contributed by atoms with Gasteiger partial charge in [-0.2, -0.15) is 5.10 Å². The summed E-state index contributed by atoms with van der Waals surface area (Å²) >= 11 is 0. The first-order chi connectivity index (χ1) is 12.0. The topological polar surface area (TPSA) is 90.4 Å². The molecule has 0 spiro atoms. The van der Waals surface area contributed by atoms with E-state index in [9.17, 15) is 8.42 Å². The van der Waals surface area contributed by atoms with Crippen LogP contribution in [0.3, 0.4) is 0 Å². The third-order valence-electron chi connectivity index (χ3n) is 4.47. The van der Waals surface area contributed by atoms with Crippen molar-refractivity contribution in [3.05, 3.63) is 41.6 Å². The number of ether oxygens (including phenoxy) is 1. The number of benzene rings is 1. The summed E-state index contributed by atoms with van der Waals surface area (Å²) in [6, 6.07) is 7.52. The molecule has 8 heteroatoms. The number of aromatic nitrogens is 2. The second-order valence-corrected chi connectivity index (χ2v) is 7.82. The zero-order chi connectivity index (χ0) is 17.9. The lowest BCUT2D eigenvalue weighted by molar-refractivity contribution is 0.314. The summed E-state index contributed by atoms with van der Waals surface area (Å²) in [6.07, 6.45) is 4.70. The quantitative estimate of drug-likeness (QED) is 0.798. The normalized spacial score (nSPS) is 15.6. The zero-order valence-corrected chi connectivity index (χ0v) is 15.2. The van der Waals surface area contributed by atoms with Crippen molar-refractivity contribution < 1.29 is 13.2 Å². The van der Waals surface area contributed by atoms with Crippen molar-refractivity contribution in [3.63, 3.8) is 0 Å². The van der Waals surface area contributed by atoms with Crippen LogP contribution in [0.1, 0.15) is 24.0 Å². The lowest BCUT2D eigenvalue weighted by Gasteiger charge is -2.13. The van der Waals surface area contributed by atoms with Gasteiger partial charge in [-0.25, -0.2) is 13.6 Å². The molecule has 0 atom stereocenters. The van der Waals surface area contributed by atoms with Gasteiger partial charge in [0.1, 0.15) is 5.75 Å². The van der Waals surface area contributed by atoms with E-state index in [1.165, 1.54) is 12.8 Å². The van der Waals surface area contributed by atoms with Crippen LogP contribution in [0.2, 0.25) is 0 Å². The Labute approximate surface area is 148 Å². The van der Waals surface area contributed by atoms with E-state index in [0.717, 1.165) is 30.9 Å². The fourth-order valence-corrected chi connectivity index (χ4v) is 3.84. The van der Waals surface area contributed by atoms with Gasteiger partial charge in [0.05, 0.1) is 13.7 Å². The molecule has 2 heterocycles. The molecule has 0 bridgehead atoms. The third-order valence-corrected chi connectivity index (χ3v) is 5.35. The molecule has 25 heavy (non-hydrogen) atoms. The number of likely N-dealkylation sites (tertiary alicyclic amines) is 1. The van der Waals surface area contributed by atoms with Crippen LogP contribution in [0.25, 0.3) is 0 Å². The molecule has 1 aromatic carbocycles. The Hall–Kier alpha value is -1.90. The summed E-state index contributed by atoms with van der Waals surface area (Å²) in [7, 11) is -2.24. The molecule has 1 fully saturated rings. The number of sulfonamides is 1. The van der Waals surface area contributed by atoms with E-state index < -0.39 is 10.0 Å². The largest absolute Gasteiger partial charge is 0.497 e. The molecular formula is C17H24N4O3S. The van der Waals surface area contributed by atoms with Crippen LogP contribution in [0.5, 0.6) is 5.75 Å². The van der Waals surface area contributed by atoms with Gasteiger partial charge in [0.2, 0.25) is 0 Å². The molecule has 2 aromatic rings. The van der Waals surface area contributed by atoms with Crippen LogP contribution >= 0.6 is 0 Å². The molecular weight excluding hydrogens is 340 g/mol. The summed E-state index contributed by atoms with van der Waals surface area (Å²) in [4.78, 5) is 2.36. The van der Waals surface area contributed by atoms with E-state index in [1.54, 1.807) is 18.0 Å². The molecule has 1 saturated heterocycles. The highest BCUT2D eigenvalue weighted by molar-refractivity contribution is 7.89. The smallest absolute Gasteiger partial charge is 0.257 e. The van der Waals surface area contributed by atoms with E-state index >= 15 is 0 Å². The number of rotatable bonds is 7. The molecule has 0 unspecified atom stereocenters. The van der Waals surface area contributed by atoms with Crippen molar-refractivity contribution >= 4 is 10.0 Å². The minimum atomic E-state index is -3.85. The average Bonchev–Trinajstić information content (AvgIpc) is 3.22. The number of nitrogens with zero attached hydrogens (tertiary/aromatic N) is 3. The molecule has 136 valence electrons. The van der Waals surface area contributed by atoms with Crippen molar-refractivity contribution in [1.29, 1.82) is 0 Å². The maximum atomic E-state index is 11.9. The third kappa shape index (κ3) is 4.59. The van der Waals surface area contributed by atoms with E-state index in [1.807, 2.05) is 24.3 Å². The fraction of sp³-hybridized carbons (Fsp3) is 0.471. The zero-order valence-electron chi connectivity index (χ0n) is 14.4. The Balaban J connectivity index is 1.78. The van der Waals surface area contributed by atoms with Crippen LogP contribution in [0.4, 0.5) is 0 Å². The van der Waals surface area contributed by atoms with Gasteiger partial charge in [-0.05, 0) is 43.6 Å². The molecule has 2 N–H and O–H groups in total. The van der Waals surface area contributed by atoms with E-state index in [-0.39, 0.29) is 5.03 Å². The molecule has 1 aliphatic rings. The molecule has 0 amide bonds. The average molecular weight is 364 g/mol. The lowest BCUT2D eigenvalue weighted by Crippen LogP contribution is -2.24. The molecule has 1 aromatic heterocycles. The maximum absolute atomic E-state index is 11.9. The van der Waals surface area contributed by atoms with Gasteiger partial charge in [0, 0.05) is 24.7 Å². The summed E-state index contributed by atoms with van der Waals surface area (Å²) in [6.45, 7) is 3.73. The van der Waals surface area contributed by atoms with Crippen molar-refractivity contribution in [1.82, 2.24) is 14.7 Å². The first kappa shape index (κ1) is 17.9. The summed E-state index contributed by atoms with van der Waals surface area (Å²) < 4.78 is 30.6. The predicted molar refractivity (Wildman–Crippen MR) is 95.1 cm³/mol. The molecule has 0 radical (unpaired) electrons. The Morgan fingerprint density at radius 2 is 1.84 bits per heavy atom. The van der Waals surface area contributed by atoms with Gasteiger partial charge in [-0.1, -0.05) is 12.1 Å². The van der Waals surface area contributed by atoms with Crippen molar-refractivity contribution in [2.45, 2.75) is 30.8 Å². The van der Waals surface area contributed by atoms with Crippen LogP contribution in [-0.4, -0.2) is 49.8 Å². The molecule has 7 nitrogen and oxygen atoms in total. The second-order valence-electron chi connectivity index (χ2n) is 6.34. The maximum Gasteiger partial charge on any atom is 0.257 e. The summed E-state index contributed by atoms with van der Waals surface area (Å²) in [5, 5.41) is 9.54. The first-order valence-electron chi connectivity index (χ1n) is 8.40. The van der Waals surface area contributed by atoms with Gasteiger partial charge in [0.15, 0.2) is 5.03 Å². The number of nitrogens with two attached hydrogens (primary N) is 1. The number of methoxy groups -OCH3 is 1. The minimum Gasteiger partial charge on any atom is -0.497 e. The van der Waals surface area contributed by atoms with Crippen LogP contribution in [-0.2, 0) is 23.0 Å². The monoisotopic (exact) mass is 364 g/mol. The fourth-order valence-electron chi connectivity index (χ4n) is 3.13. The standard InChI is InChI=1S/C17H24N4O3S/c1-24-16-6-4-14(5-7-16)12-15-13-21(19-17(15)25(18,22)23)11-10-20-8-2-3-9-20/h4-7,13H,2-3,8-12H2,1H3,(H2,18,22,23). The Kier molecular flexibility index (Phi) is 5.41. The van der Waals surface area contributed by atoms with E-state index in [4.69, 9.17) is 9.88 Å². The van der Waals surface area contributed by atoms with Crippen molar-refractivity contribution in [3.8, 4) is 5.75 Å². The van der Waals surface area contributed by atoms with E-state index in [0.29, 0.717) is 18.5 Å². The molecule has 3 rings (SSSR count). The lowest BCUT2D eigenvalue weighted by atomic mass is 10.1. The summed E-state index contributed by atoms with van der Waals surface area (Å²) in [5.74, 6) is 0.761. The predicted octanol–water partition coefficient (Wildman–Crippen LogP) is 1.23. The van der Waals surface area contributed by atoms with Crippen LogP contribution in [0.15, 0.2) is 35.5 Å². The van der Waals surface area contributed by atoms with Crippen LogP contribution < -0.4 is 9.88 Å². The second kappa shape index (κ2) is 7.55. The van der Waals surface area contributed by atoms with Gasteiger partial charge >= 0.3 is 0 Å². The van der Waals surface area contributed by atoms with Gasteiger partial charge in [-0.3, -0.25) is 4.68 Å². The highest BCUT2D eigenvalue weighted by Crippen LogP contribution is 2.19. The Morgan fingerprint density at radius 3 is 2.44 bits per heavy atom. The molecule has 0 saturated carbocycles.